The molecule has 0 atom stereocenters. The molecule has 0 spiro atoms. The van der Waals surface area contributed by atoms with Gasteiger partial charge in [0.15, 0.2) is 0 Å². The van der Waals surface area contributed by atoms with Gasteiger partial charge in [0.1, 0.15) is 0 Å². The van der Waals surface area contributed by atoms with Crippen molar-refractivity contribution in [3.05, 3.63) is 0 Å². The first-order chi connectivity index (χ1) is 28.3. The molecular weight excluding hydrogens is 848 g/mol. The standard InChI is InChI=1S/3C18H33P.Pd/c3*1-4-10-16(11-5-1)19(17-12-6-2-7-13-17)18-14-8-3-9-15-18;/h3*16-18H,1-15H2;/p+3. The van der Waals surface area contributed by atoms with Crippen molar-refractivity contribution in [2.75, 3.05) is 0 Å². The molecule has 9 aliphatic carbocycles. The topological polar surface area (TPSA) is 0 Å². The predicted molar refractivity (Wildman–Crippen MR) is 267 cm³/mol. The van der Waals surface area contributed by atoms with Crippen molar-refractivity contribution in [3.8, 4) is 0 Å². The minimum absolute atomic E-state index is 0. The first-order valence-electron chi connectivity index (χ1n) is 27.9. The smallest absolute Gasteiger partial charge is 0.0530 e. The Kier molecular flexibility index (Phi) is 24.5. The summed E-state index contributed by atoms with van der Waals surface area (Å²) in [6, 6.07) is 0. The summed E-state index contributed by atoms with van der Waals surface area (Å²) in [7, 11) is -0.140. The van der Waals surface area contributed by atoms with Gasteiger partial charge in [-0.3, -0.25) is 0 Å². The zero-order chi connectivity index (χ0) is 38.7. The van der Waals surface area contributed by atoms with Gasteiger partial charge in [0.2, 0.25) is 0 Å². The van der Waals surface area contributed by atoms with Gasteiger partial charge in [0, 0.05) is 44.2 Å². The monoisotopic (exact) mass is 950 g/mol. The zero-order valence-electron chi connectivity index (χ0n) is 38.8. The van der Waals surface area contributed by atoms with Gasteiger partial charge in [0.25, 0.3) is 0 Å². The fourth-order valence-corrected chi connectivity index (χ4v) is 31.6. The summed E-state index contributed by atoms with van der Waals surface area (Å²) in [4.78, 5) is 0. The minimum atomic E-state index is -0.0465. The molecule has 58 heavy (non-hydrogen) atoms. The van der Waals surface area contributed by atoms with Crippen molar-refractivity contribution in [1.29, 1.82) is 0 Å². The van der Waals surface area contributed by atoms with Gasteiger partial charge in [-0.2, -0.15) is 0 Å². The first kappa shape index (κ1) is 49.4. The van der Waals surface area contributed by atoms with Crippen molar-refractivity contribution in [1.82, 2.24) is 0 Å². The Morgan fingerprint density at radius 2 is 0.224 bits per heavy atom. The second-order valence-electron chi connectivity index (χ2n) is 22.5. The number of hydrogen-bond donors (Lipinski definition) is 0. The Balaban J connectivity index is 0.000000145. The van der Waals surface area contributed by atoms with Gasteiger partial charge >= 0.3 is 0 Å². The Morgan fingerprint density at radius 3 is 0.310 bits per heavy atom. The molecule has 9 fully saturated rings. The fraction of sp³-hybridized carbons (Fsp3) is 1.00. The van der Waals surface area contributed by atoms with Crippen LogP contribution in [0.3, 0.4) is 0 Å². The molecule has 9 rings (SSSR count). The van der Waals surface area contributed by atoms with Crippen LogP contribution < -0.4 is 0 Å². The molecule has 0 bridgehead atoms. The van der Waals surface area contributed by atoms with Crippen molar-refractivity contribution >= 4 is 23.8 Å². The quantitative estimate of drug-likeness (QED) is 0.160. The second-order valence-corrected chi connectivity index (χ2v) is 32.9. The van der Waals surface area contributed by atoms with E-state index in [1.54, 1.807) is 289 Å². The summed E-state index contributed by atoms with van der Waals surface area (Å²) in [5.74, 6) is 0. The van der Waals surface area contributed by atoms with Crippen LogP contribution >= 0.6 is 23.8 Å². The van der Waals surface area contributed by atoms with E-state index < -0.39 is 0 Å². The largest absolute Gasteiger partial charge is 0.0680 e. The Morgan fingerprint density at radius 1 is 0.138 bits per heavy atom. The molecule has 4 heteroatoms. The molecule has 0 saturated heterocycles. The van der Waals surface area contributed by atoms with Crippen molar-refractivity contribution in [2.45, 2.75) is 340 Å². The molecule has 0 nitrogen and oxygen atoms in total. The average molecular weight is 951 g/mol. The van der Waals surface area contributed by atoms with E-state index in [0.29, 0.717) is 0 Å². The zero-order valence-corrected chi connectivity index (χ0v) is 43.4. The Bertz CT molecular complexity index is 741. The average Bonchev–Trinajstić information content (AvgIpc) is 3.30. The molecule has 0 N–H and O–H groups in total. The summed E-state index contributed by atoms with van der Waals surface area (Å²) in [5.41, 5.74) is 11.0. The summed E-state index contributed by atoms with van der Waals surface area (Å²) in [6.45, 7) is 0. The SMILES string of the molecule is C1CCC([PH+](C2CCCCC2)C2CCCCC2)CC1.C1CCC([PH+](C2CCCCC2)C2CCCCC2)CC1.C1CCC([PH+](C2CCCCC2)C2CCCCC2)CC1.[Pd]. The fourth-order valence-electron chi connectivity index (χ4n) is 15.9. The Hall–Kier alpha value is 1.95. The predicted octanol–water partition coefficient (Wildman–Crippen LogP) is 18.6. The van der Waals surface area contributed by atoms with E-state index in [2.05, 4.69) is 0 Å². The van der Waals surface area contributed by atoms with Crippen LogP contribution in [-0.2, 0) is 20.4 Å². The van der Waals surface area contributed by atoms with E-state index >= 15 is 0 Å². The number of rotatable bonds is 9. The van der Waals surface area contributed by atoms with Crippen LogP contribution in [0.5, 0.6) is 0 Å². The summed E-state index contributed by atoms with van der Waals surface area (Å²) >= 11 is 0. The van der Waals surface area contributed by atoms with E-state index in [1.807, 2.05) is 0 Å². The van der Waals surface area contributed by atoms with Crippen molar-refractivity contribution in [3.63, 3.8) is 0 Å². The Labute approximate surface area is 381 Å². The van der Waals surface area contributed by atoms with Gasteiger partial charge in [-0.1, -0.05) is 57.8 Å². The van der Waals surface area contributed by atoms with Crippen LogP contribution in [0.4, 0.5) is 0 Å². The van der Waals surface area contributed by atoms with Gasteiger partial charge in [-0.05, 0) is 231 Å². The second kappa shape index (κ2) is 28.8. The maximum absolute atomic E-state index is 1.63. The molecule has 0 aromatic heterocycles. The van der Waals surface area contributed by atoms with Crippen LogP contribution in [0.15, 0.2) is 0 Å². The molecule has 0 aromatic rings. The summed E-state index contributed by atoms with van der Waals surface area (Å²) in [6.07, 6.45) is 71.4. The van der Waals surface area contributed by atoms with E-state index in [0.717, 1.165) is 0 Å². The van der Waals surface area contributed by atoms with E-state index in [9.17, 15) is 0 Å². The van der Waals surface area contributed by atoms with Crippen LogP contribution in [0, 0.1) is 0 Å². The summed E-state index contributed by atoms with van der Waals surface area (Å²) < 4.78 is 0. The molecule has 0 unspecified atom stereocenters. The van der Waals surface area contributed by atoms with Gasteiger partial charge in [-0.15, -0.1) is 0 Å². The van der Waals surface area contributed by atoms with E-state index in [-0.39, 0.29) is 44.2 Å². The van der Waals surface area contributed by atoms with Gasteiger partial charge < -0.3 is 0 Å². The van der Waals surface area contributed by atoms with E-state index in [1.165, 1.54) is 50.9 Å². The molecule has 340 valence electrons. The maximum Gasteiger partial charge on any atom is 0.0680 e. The van der Waals surface area contributed by atoms with Gasteiger partial charge in [0.05, 0.1) is 50.9 Å². The van der Waals surface area contributed by atoms with Crippen LogP contribution in [0.1, 0.15) is 289 Å². The third kappa shape index (κ3) is 15.5. The first-order valence-corrected chi connectivity index (χ1v) is 33.1. The molecule has 0 aliphatic heterocycles. The molecule has 0 heterocycles. The van der Waals surface area contributed by atoms with Crippen molar-refractivity contribution < 1.29 is 20.4 Å². The maximum atomic E-state index is 1.63. The molecule has 9 aliphatic rings. The molecule has 0 radical (unpaired) electrons. The molecule has 0 aromatic carbocycles. The van der Waals surface area contributed by atoms with E-state index in [4.69, 9.17) is 0 Å². The third-order valence-electron chi connectivity index (χ3n) is 18.7. The normalized spacial score (nSPS) is 28.4. The van der Waals surface area contributed by atoms with Crippen molar-refractivity contribution in [2.24, 2.45) is 0 Å². The molecule has 9 saturated carbocycles. The van der Waals surface area contributed by atoms with Crippen LogP contribution in [0.2, 0.25) is 0 Å². The summed E-state index contributed by atoms with van der Waals surface area (Å²) in [5, 5.41) is 0. The third-order valence-corrected chi connectivity index (χ3v) is 32.4. The van der Waals surface area contributed by atoms with Crippen LogP contribution in [0.25, 0.3) is 0 Å². The molecule has 0 amide bonds. The minimum Gasteiger partial charge on any atom is -0.0530 e. The number of hydrogen-bond acceptors (Lipinski definition) is 0. The molecular formula is C54H102P3Pd+3. The van der Waals surface area contributed by atoms with Crippen LogP contribution in [-0.4, -0.2) is 50.9 Å². The van der Waals surface area contributed by atoms with Gasteiger partial charge in [-0.25, -0.2) is 0 Å².